The molecule has 1 amide bonds. The van der Waals surface area contributed by atoms with Crippen LogP contribution in [0.3, 0.4) is 0 Å². The molecule has 17 heavy (non-hydrogen) atoms. The highest BCUT2D eigenvalue weighted by Crippen LogP contribution is 2.16. The topological polar surface area (TPSA) is 66.8 Å². The molecule has 0 aromatic heterocycles. The monoisotopic (exact) mass is 241 g/mol. The Morgan fingerprint density at radius 2 is 1.94 bits per heavy atom. The smallest absolute Gasteiger partial charge is 0.410 e. The maximum Gasteiger partial charge on any atom is 0.410 e. The predicted molar refractivity (Wildman–Crippen MR) is 62.8 cm³/mol. The number of ketones is 1. The normalized spacial score (nSPS) is 20.3. The van der Waals surface area contributed by atoms with E-state index < -0.39 is 11.7 Å². The number of aliphatic hydroxyl groups excluding tert-OH is 1. The maximum atomic E-state index is 11.8. The van der Waals surface area contributed by atoms with Crippen LogP contribution in [0.15, 0.2) is 11.8 Å². The van der Waals surface area contributed by atoms with Crippen LogP contribution in [-0.4, -0.2) is 40.6 Å². The fourth-order valence-electron chi connectivity index (χ4n) is 1.55. The van der Waals surface area contributed by atoms with Crippen molar-refractivity contribution in [3.8, 4) is 0 Å². The number of Topliss-reactive ketones (excluding diaryl/α,β-unsaturated/α-hetero) is 1. The summed E-state index contributed by atoms with van der Waals surface area (Å²) < 4.78 is 5.23. The maximum absolute atomic E-state index is 11.8. The van der Waals surface area contributed by atoms with E-state index in [-0.39, 0.29) is 12.2 Å². The average Bonchev–Trinajstić information content (AvgIpc) is 2.37. The van der Waals surface area contributed by atoms with Crippen molar-refractivity contribution in [1.29, 1.82) is 0 Å². The number of hydrogen-bond donors (Lipinski definition) is 1. The van der Waals surface area contributed by atoms with E-state index in [1.807, 2.05) is 0 Å². The van der Waals surface area contributed by atoms with Crippen molar-refractivity contribution in [1.82, 2.24) is 4.90 Å². The van der Waals surface area contributed by atoms with E-state index in [1.165, 1.54) is 4.90 Å². The Balaban J connectivity index is 2.63. The molecule has 0 bridgehead atoms. The third-order valence-corrected chi connectivity index (χ3v) is 2.43. The molecule has 1 heterocycles. The minimum Gasteiger partial charge on any atom is -0.515 e. The van der Waals surface area contributed by atoms with Gasteiger partial charge in [-0.2, -0.15) is 0 Å². The Labute approximate surface area is 101 Å². The molecule has 0 radical (unpaired) electrons. The molecule has 1 rings (SSSR count). The Hall–Kier alpha value is -1.52. The predicted octanol–water partition coefficient (Wildman–Crippen LogP) is 2.03. The number of aliphatic hydroxyl groups is 1. The number of amides is 1. The highest BCUT2D eigenvalue weighted by Gasteiger charge is 2.26. The summed E-state index contributed by atoms with van der Waals surface area (Å²) in [5.74, 6) is -0.112. The van der Waals surface area contributed by atoms with Crippen LogP contribution >= 0.6 is 0 Å². The number of carbonyl (C=O) groups excluding carboxylic acids is 2. The Morgan fingerprint density at radius 1 is 1.35 bits per heavy atom. The van der Waals surface area contributed by atoms with E-state index in [2.05, 4.69) is 0 Å². The molecule has 5 nitrogen and oxygen atoms in total. The van der Waals surface area contributed by atoms with Gasteiger partial charge in [-0.05, 0) is 27.2 Å². The van der Waals surface area contributed by atoms with Crippen molar-refractivity contribution < 1.29 is 19.4 Å². The van der Waals surface area contributed by atoms with Gasteiger partial charge in [0.1, 0.15) is 5.60 Å². The number of carbonyl (C=O) groups is 2. The number of hydrogen-bond acceptors (Lipinski definition) is 4. The van der Waals surface area contributed by atoms with Crippen LogP contribution in [0.5, 0.6) is 0 Å². The van der Waals surface area contributed by atoms with Gasteiger partial charge >= 0.3 is 6.09 Å². The van der Waals surface area contributed by atoms with Gasteiger partial charge in [0.25, 0.3) is 0 Å². The minimum atomic E-state index is -0.539. The van der Waals surface area contributed by atoms with Gasteiger partial charge in [0.05, 0.1) is 6.26 Å². The highest BCUT2D eigenvalue weighted by molar-refractivity contribution is 5.95. The molecular formula is C12H19NO4. The van der Waals surface area contributed by atoms with E-state index in [9.17, 15) is 9.59 Å². The van der Waals surface area contributed by atoms with Gasteiger partial charge in [-0.3, -0.25) is 4.79 Å². The molecule has 0 saturated carbocycles. The van der Waals surface area contributed by atoms with Gasteiger partial charge < -0.3 is 14.7 Å². The third kappa shape index (κ3) is 4.09. The van der Waals surface area contributed by atoms with Gasteiger partial charge in [0, 0.05) is 25.1 Å². The lowest BCUT2D eigenvalue weighted by molar-refractivity contribution is -0.115. The second-order valence-electron chi connectivity index (χ2n) is 5.04. The van der Waals surface area contributed by atoms with Crippen LogP contribution in [0.25, 0.3) is 0 Å². The van der Waals surface area contributed by atoms with Crippen LogP contribution in [-0.2, 0) is 9.53 Å². The number of rotatable bonds is 0. The summed E-state index contributed by atoms with van der Waals surface area (Å²) in [6.45, 7) is 6.13. The summed E-state index contributed by atoms with van der Waals surface area (Å²) in [6.07, 6.45) is 1.02. The lowest BCUT2D eigenvalue weighted by atomic mass is 10.1. The van der Waals surface area contributed by atoms with Crippen molar-refractivity contribution in [3.63, 3.8) is 0 Å². The second-order valence-corrected chi connectivity index (χ2v) is 5.04. The first-order valence-electron chi connectivity index (χ1n) is 5.68. The van der Waals surface area contributed by atoms with Crippen LogP contribution in [0.2, 0.25) is 0 Å². The first-order chi connectivity index (χ1) is 7.83. The zero-order chi connectivity index (χ0) is 13.1. The Morgan fingerprint density at radius 3 is 2.47 bits per heavy atom. The summed E-state index contributed by atoms with van der Waals surface area (Å²) in [7, 11) is 0. The van der Waals surface area contributed by atoms with E-state index in [1.54, 1.807) is 20.8 Å². The van der Waals surface area contributed by atoms with Gasteiger partial charge in [0.2, 0.25) is 0 Å². The van der Waals surface area contributed by atoms with Crippen LogP contribution < -0.4 is 0 Å². The molecule has 0 unspecified atom stereocenters. The first kappa shape index (κ1) is 13.5. The molecule has 0 aromatic carbocycles. The first-order valence-corrected chi connectivity index (χ1v) is 5.68. The molecule has 1 aliphatic rings. The molecule has 96 valence electrons. The number of nitrogens with zero attached hydrogens (tertiary/aromatic N) is 1. The standard InChI is InChI=1S/C12H19NO4/c1-12(2,3)17-11(16)13-6-4-9(8-14)10(15)5-7-13/h8,14H,4-7H2,1-3H3/b9-8-. The zero-order valence-corrected chi connectivity index (χ0v) is 10.5. The molecule has 1 fully saturated rings. The molecular weight excluding hydrogens is 222 g/mol. The van der Waals surface area contributed by atoms with Crippen LogP contribution in [0.4, 0.5) is 4.79 Å². The summed E-state index contributed by atoms with van der Waals surface area (Å²) in [5.41, 5.74) is -0.167. The molecule has 0 atom stereocenters. The molecule has 0 aliphatic carbocycles. The van der Waals surface area contributed by atoms with Crippen LogP contribution in [0.1, 0.15) is 33.6 Å². The van der Waals surface area contributed by atoms with E-state index >= 15 is 0 Å². The lowest BCUT2D eigenvalue weighted by Crippen LogP contribution is -2.37. The average molecular weight is 241 g/mol. The number of likely N-dealkylation sites (tertiary alicyclic amines) is 1. The fourth-order valence-corrected chi connectivity index (χ4v) is 1.55. The summed E-state index contributed by atoms with van der Waals surface area (Å²) in [5, 5.41) is 8.88. The molecule has 5 heteroatoms. The fraction of sp³-hybridized carbons (Fsp3) is 0.667. The largest absolute Gasteiger partial charge is 0.515 e. The van der Waals surface area contributed by atoms with Gasteiger partial charge in [-0.15, -0.1) is 0 Å². The van der Waals surface area contributed by atoms with E-state index in [4.69, 9.17) is 9.84 Å². The van der Waals surface area contributed by atoms with E-state index in [0.29, 0.717) is 25.1 Å². The Bertz CT molecular complexity index is 341. The molecule has 1 N–H and O–H groups in total. The van der Waals surface area contributed by atoms with Crippen molar-refractivity contribution in [2.24, 2.45) is 0 Å². The minimum absolute atomic E-state index is 0.112. The van der Waals surface area contributed by atoms with Crippen LogP contribution in [0, 0.1) is 0 Å². The quantitative estimate of drug-likeness (QED) is 0.520. The zero-order valence-electron chi connectivity index (χ0n) is 10.5. The second kappa shape index (κ2) is 5.21. The summed E-state index contributed by atoms with van der Waals surface area (Å²) in [4.78, 5) is 24.8. The molecule has 1 aliphatic heterocycles. The molecule has 0 aromatic rings. The van der Waals surface area contributed by atoms with Crippen molar-refractivity contribution in [2.75, 3.05) is 13.1 Å². The Kier molecular flexibility index (Phi) is 4.15. The lowest BCUT2D eigenvalue weighted by Gasteiger charge is -2.26. The van der Waals surface area contributed by atoms with Gasteiger partial charge in [-0.1, -0.05) is 0 Å². The van der Waals surface area contributed by atoms with E-state index in [0.717, 1.165) is 6.26 Å². The van der Waals surface area contributed by atoms with Crippen molar-refractivity contribution in [3.05, 3.63) is 11.8 Å². The molecule has 0 spiro atoms. The summed E-state index contributed by atoms with van der Waals surface area (Å²) in [6, 6.07) is 0. The third-order valence-electron chi connectivity index (χ3n) is 2.43. The number of ether oxygens (including phenoxy) is 1. The SMILES string of the molecule is CC(C)(C)OC(=O)N1CCC(=O)/C(=C\O)CC1. The summed E-state index contributed by atoms with van der Waals surface area (Å²) >= 11 is 0. The van der Waals surface area contributed by atoms with Crippen molar-refractivity contribution >= 4 is 11.9 Å². The van der Waals surface area contributed by atoms with Crippen molar-refractivity contribution in [2.45, 2.75) is 39.2 Å². The van der Waals surface area contributed by atoms with Gasteiger partial charge in [0.15, 0.2) is 5.78 Å². The van der Waals surface area contributed by atoms with Gasteiger partial charge in [-0.25, -0.2) is 4.79 Å². The highest BCUT2D eigenvalue weighted by atomic mass is 16.6. The molecule has 1 saturated heterocycles.